The van der Waals surface area contributed by atoms with Crippen molar-refractivity contribution in [2.24, 2.45) is 0 Å². The highest BCUT2D eigenvalue weighted by molar-refractivity contribution is 6.30. The van der Waals surface area contributed by atoms with Gasteiger partial charge in [0.15, 0.2) is 5.82 Å². The molecule has 0 N–H and O–H groups in total. The highest BCUT2D eigenvalue weighted by Crippen LogP contribution is 2.18. The van der Waals surface area contributed by atoms with Gasteiger partial charge in [-0.3, -0.25) is 4.79 Å². The Labute approximate surface area is 162 Å². The Morgan fingerprint density at radius 3 is 2.52 bits per heavy atom. The van der Waals surface area contributed by atoms with Crippen LogP contribution in [0.3, 0.4) is 0 Å². The Hall–Kier alpha value is -2.93. The number of hydrogen-bond acceptors (Lipinski definition) is 5. The summed E-state index contributed by atoms with van der Waals surface area (Å²) in [5.74, 6) is 1.57. The van der Waals surface area contributed by atoms with Crippen LogP contribution in [0.2, 0.25) is 5.02 Å². The number of piperazine rings is 1. The number of aromatic nitrogens is 4. The van der Waals surface area contributed by atoms with Crippen LogP contribution in [0.25, 0.3) is 5.82 Å². The highest BCUT2D eigenvalue weighted by Gasteiger charge is 2.23. The van der Waals surface area contributed by atoms with Gasteiger partial charge in [0, 0.05) is 49.0 Å². The van der Waals surface area contributed by atoms with E-state index in [-0.39, 0.29) is 5.91 Å². The summed E-state index contributed by atoms with van der Waals surface area (Å²) in [5.41, 5.74) is 1.55. The van der Waals surface area contributed by atoms with E-state index in [2.05, 4.69) is 20.0 Å². The van der Waals surface area contributed by atoms with Gasteiger partial charge in [0.1, 0.15) is 12.1 Å². The van der Waals surface area contributed by atoms with Gasteiger partial charge in [-0.25, -0.2) is 14.6 Å². The number of halogens is 1. The Bertz CT molecular complexity index is 964. The van der Waals surface area contributed by atoms with Crippen LogP contribution in [0, 0.1) is 6.92 Å². The van der Waals surface area contributed by atoms with Crippen molar-refractivity contribution in [2.75, 3.05) is 31.1 Å². The number of benzene rings is 1. The number of rotatable bonds is 3. The van der Waals surface area contributed by atoms with Crippen molar-refractivity contribution < 1.29 is 4.79 Å². The van der Waals surface area contributed by atoms with Crippen LogP contribution in [0.5, 0.6) is 0 Å². The van der Waals surface area contributed by atoms with E-state index in [0.717, 1.165) is 17.3 Å². The monoisotopic (exact) mass is 382 g/mol. The summed E-state index contributed by atoms with van der Waals surface area (Å²) in [7, 11) is 0. The second-order valence-corrected chi connectivity index (χ2v) is 6.86. The molecule has 138 valence electrons. The molecule has 3 aromatic rings. The fourth-order valence-electron chi connectivity index (χ4n) is 3.12. The lowest BCUT2D eigenvalue weighted by Crippen LogP contribution is -2.49. The predicted molar refractivity (Wildman–Crippen MR) is 103 cm³/mol. The van der Waals surface area contributed by atoms with Crippen LogP contribution in [0.1, 0.15) is 16.1 Å². The number of carbonyl (C=O) groups is 1. The molecule has 3 heterocycles. The summed E-state index contributed by atoms with van der Waals surface area (Å²) < 4.78 is 1.74. The molecule has 1 aliphatic heterocycles. The van der Waals surface area contributed by atoms with Crippen LogP contribution in [-0.4, -0.2) is 56.7 Å². The van der Waals surface area contributed by atoms with Crippen molar-refractivity contribution in [3.63, 3.8) is 0 Å². The van der Waals surface area contributed by atoms with E-state index in [1.807, 2.05) is 30.2 Å². The van der Waals surface area contributed by atoms with E-state index in [4.69, 9.17) is 11.6 Å². The van der Waals surface area contributed by atoms with Crippen molar-refractivity contribution in [1.29, 1.82) is 0 Å². The minimum Gasteiger partial charge on any atom is -0.353 e. The van der Waals surface area contributed by atoms with Gasteiger partial charge in [0.05, 0.1) is 5.69 Å². The molecule has 0 bridgehead atoms. The third-order valence-corrected chi connectivity index (χ3v) is 4.79. The minimum atomic E-state index is 0.00698. The van der Waals surface area contributed by atoms with E-state index in [0.29, 0.717) is 36.8 Å². The number of aryl methyl sites for hydroxylation is 1. The molecule has 1 saturated heterocycles. The fraction of sp³-hybridized carbons (Fsp3) is 0.263. The molecular weight excluding hydrogens is 364 g/mol. The summed E-state index contributed by atoms with van der Waals surface area (Å²) in [5, 5.41) is 4.96. The first-order valence-electron chi connectivity index (χ1n) is 8.74. The second-order valence-electron chi connectivity index (χ2n) is 6.43. The van der Waals surface area contributed by atoms with Crippen molar-refractivity contribution in [1.82, 2.24) is 24.6 Å². The summed E-state index contributed by atoms with van der Waals surface area (Å²) in [4.78, 5) is 25.3. The van der Waals surface area contributed by atoms with Crippen LogP contribution in [-0.2, 0) is 0 Å². The summed E-state index contributed by atoms with van der Waals surface area (Å²) in [6, 6.07) is 10.9. The fourth-order valence-corrected chi connectivity index (χ4v) is 3.31. The number of anilines is 1. The number of amides is 1. The average Bonchev–Trinajstić information content (AvgIpc) is 3.14. The first-order valence-corrected chi connectivity index (χ1v) is 9.12. The van der Waals surface area contributed by atoms with Crippen molar-refractivity contribution in [3.05, 3.63) is 65.2 Å². The molecule has 0 saturated carbocycles. The number of carbonyl (C=O) groups excluding carboxylic acids is 1. The molecule has 0 spiro atoms. The molecule has 7 nitrogen and oxygen atoms in total. The van der Waals surface area contributed by atoms with E-state index in [9.17, 15) is 4.79 Å². The Morgan fingerprint density at radius 2 is 1.81 bits per heavy atom. The molecule has 1 fully saturated rings. The zero-order chi connectivity index (χ0) is 18.8. The third kappa shape index (κ3) is 3.78. The topological polar surface area (TPSA) is 67.2 Å². The standard InChI is InChI=1S/C19H19ClN6O/c1-14-5-6-26(23-14)18-12-17(21-13-22-18)24-7-9-25(10-8-24)19(27)15-3-2-4-16(20)11-15/h2-6,11-13H,7-10H2,1H3. The van der Waals surface area contributed by atoms with Crippen LogP contribution in [0.15, 0.2) is 48.9 Å². The normalized spacial score (nSPS) is 14.4. The van der Waals surface area contributed by atoms with Gasteiger partial charge in [-0.1, -0.05) is 17.7 Å². The molecular formula is C19H19ClN6O. The van der Waals surface area contributed by atoms with E-state index in [1.54, 1.807) is 35.3 Å². The van der Waals surface area contributed by atoms with Gasteiger partial charge in [-0.05, 0) is 31.2 Å². The minimum absolute atomic E-state index is 0.00698. The molecule has 0 radical (unpaired) electrons. The maximum absolute atomic E-state index is 12.6. The lowest BCUT2D eigenvalue weighted by Gasteiger charge is -2.35. The number of hydrogen-bond donors (Lipinski definition) is 0. The SMILES string of the molecule is Cc1ccn(-c2cc(N3CCN(C(=O)c4cccc(Cl)c4)CC3)ncn2)n1. The van der Waals surface area contributed by atoms with Gasteiger partial charge < -0.3 is 9.80 Å². The first kappa shape index (κ1) is 17.5. The summed E-state index contributed by atoms with van der Waals surface area (Å²) in [6.07, 6.45) is 3.42. The largest absolute Gasteiger partial charge is 0.353 e. The number of nitrogens with zero attached hydrogens (tertiary/aromatic N) is 6. The molecule has 1 aromatic carbocycles. The Balaban J connectivity index is 1.44. The molecule has 0 unspecified atom stereocenters. The molecule has 4 rings (SSSR count). The van der Waals surface area contributed by atoms with E-state index in [1.165, 1.54) is 0 Å². The molecule has 8 heteroatoms. The lowest BCUT2D eigenvalue weighted by molar-refractivity contribution is 0.0746. The van der Waals surface area contributed by atoms with Crippen molar-refractivity contribution in [3.8, 4) is 5.82 Å². The molecule has 0 atom stereocenters. The highest BCUT2D eigenvalue weighted by atomic mass is 35.5. The van der Waals surface area contributed by atoms with Crippen molar-refractivity contribution in [2.45, 2.75) is 6.92 Å². The summed E-state index contributed by atoms with van der Waals surface area (Å²) in [6.45, 7) is 4.62. The van der Waals surface area contributed by atoms with E-state index >= 15 is 0 Å². The molecule has 27 heavy (non-hydrogen) atoms. The first-order chi connectivity index (χ1) is 13.1. The lowest BCUT2D eigenvalue weighted by atomic mass is 10.2. The summed E-state index contributed by atoms with van der Waals surface area (Å²) >= 11 is 6.00. The second kappa shape index (κ2) is 7.36. The zero-order valence-electron chi connectivity index (χ0n) is 14.9. The quantitative estimate of drug-likeness (QED) is 0.696. The van der Waals surface area contributed by atoms with Crippen LogP contribution in [0.4, 0.5) is 5.82 Å². The van der Waals surface area contributed by atoms with Gasteiger partial charge >= 0.3 is 0 Å². The van der Waals surface area contributed by atoms with Crippen LogP contribution >= 0.6 is 11.6 Å². The van der Waals surface area contributed by atoms with Crippen LogP contribution < -0.4 is 4.90 Å². The zero-order valence-corrected chi connectivity index (χ0v) is 15.7. The van der Waals surface area contributed by atoms with Gasteiger partial charge in [0.2, 0.25) is 0 Å². The maximum atomic E-state index is 12.6. The molecule has 0 aliphatic carbocycles. The van der Waals surface area contributed by atoms with Gasteiger partial charge in [-0.2, -0.15) is 5.10 Å². The predicted octanol–water partition coefficient (Wildman–Crippen LogP) is 2.59. The van der Waals surface area contributed by atoms with Gasteiger partial charge in [0.25, 0.3) is 5.91 Å². The van der Waals surface area contributed by atoms with Gasteiger partial charge in [-0.15, -0.1) is 0 Å². The Morgan fingerprint density at radius 1 is 1.04 bits per heavy atom. The molecule has 1 amide bonds. The Kier molecular flexibility index (Phi) is 4.77. The van der Waals surface area contributed by atoms with E-state index < -0.39 is 0 Å². The van der Waals surface area contributed by atoms with Crippen molar-refractivity contribution >= 4 is 23.3 Å². The average molecular weight is 383 g/mol. The smallest absolute Gasteiger partial charge is 0.254 e. The molecule has 2 aromatic heterocycles. The molecule has 1 aliphatic rings. The third-order valence-electron chi connectivity index (χ3n) is 4.56. The maximum Gasteiger partial charge on any atom is 0.254 e.